The lowest BCUT2D eigenvalue weighted by Crippen LogP contribution is -2.06. The standard InChI is InChI=1S/C17H14N2O3/c1-11-6-7-15(21-2)12(9-11)10-14-17(20)22-16(19-14)13-5-3-4-8-18-13/h3-10H,1-2H3/b14-10+. The molecule has 1 aromatic heterocycles. The molecule has 0 unspecified atom stereocenters. The van der Waals surface area contributed by atoms with Crippen molar-refractivity contribution >= 4 is 17.9 Å². The summed E-state index contributed by atoms with van der Waals surface area (Å²) < 4.78 is 10.5. The van der Waals surface area contributed by atoms with Gasteiger partial charge in [0.2, 0.25) is 5.90 Å². The van der Waals surface area contributed by atoms with Crippen molar-refractivity contribution in [2.24, 2.45) is 4.99 Å². The van der Waals surface area contributed by atoms with Crippen molar-refractivity contribution in [3.63, 3.8) is 0 Å². The largest absolute Gasteiger partial charge is 0.496 e. The molecule has 1 aromatic carbocycles. The second-order valence-corrected chi connectivity index (χ2v) is 4.80. The number of aromatic nitrogens is 1. The molecule has 1 aliphatic heterocycles. The first-order chi connectivity index (χ1) is 10.7. The molecule has 0 amide bonds. The molecular weight excluding hydrogens is 280 g/mol. The average molecular weight is 294 g/mol. The molecule has 0 aliphatic carbocycles. The number of pyridine rings is 1. The van der Waals surface area contributed by atoms with Crippen LogP contribution in [0.15, 0.2) is 53.3 Å². The minimum Gasteiger partial charge on any atom is -0.496 e. The molecule has 5 nitrogen and oxygen atoms in total. The molecule has 22 heavy (non-hydrogen) atoms. The van der Waals surface area contributed by atoms with E-state index in [9.17, 15) is 4.79 Å². The molecule has 2 heterocycles. The summed E-state index contributed by atoms with van der Waals surface area (Å²) in [7, 11) is 1.59. The van der Waals surface area contributed by atoms with Gasteiger partial charge in [-0.3, -0.25) is 4.98 Å². The Hall–Kier alpha value is -2.95. The van der Waals surface area contributed by atoms with E-state index in [0.29, 0.717) is 11.4 Å². The maximum Gasteiger partial charge on any atom is 0.363 e. The Bertz CT molecular complexity index is 780. The van der Waals surface area contributed by atoms with Gasteiger partial charge >= 0.3 is 5.97 Å². The van der Waals surface area contributed by atoms with Gasteiger partial charge in [-0.2, -0.15) is 0 Å². The number of carbonyl (C=O) groups is 1. The number of esters is 1. The topological polar surface area (TPSA) is 60.8 Å². The molecule has 2 aromatic rings. The first kappa shape index (κ1) is 14.0. The van der Waals surface area contributed by atoms with Gasteiger partial charge in [-0.15, -0.1) is 0 Å². The molecular formula is C17H14N2O3. The third-order valence-electron chi connectivity index (χ3n) is 3.18. The average Bonchev–Trinajstić information content (AvgIpc) is 2.90. The summed E-state index contributed by atoms with van der Waals surface area (Å²) in [6.45, 7) is 1.97. The molecule has 0 saturated heterocycles. The number of nitrogens with zero attached hydrogens (tertiary/aromatic N) is 2. The Morgan fingerprint density at radius 1 is 1.23 bits per heavy atom. The first-order valence-corrected chi connectivity index (χ1v) is 6.76. The van der Waals surface area contributed by atoms with Crippen LogP contribution in [0.5, 0.6) is 5.75 Å². The first-order valence-electron chi connectivity index (χ1n) is 6.76. The quantitative estimate of drug-likeness (QED) is 0.645. The number of aliphatic imine (C=N–C) groups is 1. The van der Waals surface area contributed by atoms with Crippen LogP contribution in [-0.4, -0.2) is 24.0 Å². The van der Waals surface area contributed by atoms with Crippen LogP contribution in [0.4, 0.5) is 0 Å². The van der Waals surface area contributed by atoms with E-state index < -0.39 is 5.97 Å². The van der Waals surface area contributed by atoms with Crippen LogP contribution in [0.25, 0.3) is 6.08 Å². The van der Waals surface area contributed by atoms with Crippen molar-refractivity contribution in [2.75, 3.05) is 7.11 Å². The van der Waals surface area contributed by atoms with Crippen LogP contribution in [0.3, 0.4) is 0 Å². The second-order valence-electron chi connectivity index (χ2n) is 4.80. The lowest BCUT2D eigenvalue weighted by atomic mass is 10.1. The Kier molecular flexibility index (Phi) is 3.70. The summed E-state index contributed by atoms with van der Waals surface area (Å²) in [5.41, 5.74) is 2.59. The third kappa shape index (κ3) is 2.74. The summed E-state index contributed by atoms with van der Waals surface area (Å²) in [6, 6.07) is 11.1. The van der Waals surface area contributed by atoms with Gasteiger partial charge in [-0.1, -0.05) is 17.7 Å². The van der Waals surface area contributed by atoms with Crippen molar-refractivity contribution in [1.82, 2.24) is 4.98 Å². The Morgan fingerprint density at radius 2 is 2.09 bits per heavy atom. The van der Waals surface area contributed by atoms with E-state index in [1.54, 1.807) is 31.5 Å². The zero-order chi connectivity index (χ0) is 15.5. The van der Waals surface area contributed by atoms with E-state index >= 15 is 0 Å². The maximum absolute atomic E-state index is 12.0. The Labute approximate surface area is 127 Å². The number of benzene rings is 1. The van der Waals surface area contributed by atoms with Crippen LogP contribution in [0.1, 0.15) is 16.8 Å². The number of ether oxygens (including phenoxy) is 2. The van der Waals surface area contributed by atoms with Crippen LogP contribution in [0.2, 0.25) is 0 Å². The highest BCUT2D eigenvalue weighted by molar-refractivity contribution is 6.12. The summed E-state index contributed by atoms with van der Waals surface area (Å²) in [4.78, 5) is 20.3. The number of hydrogen-bond donors (Lipinski definition) is 0. The number of cyclic esters (lactones) is 1. The van der Waals surface area contributed by atoms with E-state index in [1.165, 1.54) is 0 Å². The fourth-order valence-electron chi connectivity index (χ4n) is 2.12. The summed E-state index contributed by atoms with van der Waals surface area (Å²) in [5, 5.41) is 0. The van der Waals surface area contributed by atoms with Gasteiger partial charge < -0.3 is 9.47 Å². The predicted octanol–water partition coefficient (Wildman–Crippen LogP) is 2.74. The van der Waals surface area contributed by atoms with Crippen LogP contribution < -0.4 is 4.74 Å². The molecule has 1 aliphatic rings. The summed E-state index contributed by atoms with van der Waals surface area (Å²) in [6.07, 6.45) is 3.28. The second kappa shape index (κ2) is 5.81. The Balaban J connectivity index is 2.00. The van der Waals surface area contributed by atoms with Crippen molar-refractivity contribution in [3.8, 4) is 5.75 Å². The molecule has 110 valence electrons. The minimum absolute atomic E-state index is 0.212. The van der Waals surface area contributed by atoms with Crippen molar-refractivity contribution < 1.29 is 14.3 Å². The zero-order valence-corrected chi connectivity index (χ0v) is 12.2. The van der Waals surface area contributed by atoms with E-state index in [4.69, 9.17) is 9.47 Å². The van der Waals surface area contributed by atoms with E-state index in [-0.39, 0.29) is 11.6 Å². The Morgan fingerprint density at radius 3 is 2.82 bits per heavy atom. The molecule has 0 atom stereocenters. The van der Waals surface area contributed by atoms with Gasteiger partial charge in [-0.05, 0) is 37.3 Å². The minimum atomic E-state index is -0.496. The normalized spacial score (nSPS) is 15.6. The van der Waals surface area contributed by atoms with Gasteiger partial charge in [0, 0.05) is 11.8 Å². The third-order valence-corrected chi connectivity index (χ3v) is 3.18. The molecule has 0 fully saturated rings. The van der Waals surface area contributed by atoms with E-state index in [0.717, 1.165) is 11.1 Å². The summed E-state index contributed by atoms with van der Waals surface area (Å²) in [5.74, 6) is 0.389. The monoisotopic (exact) mass is 294 g/mol. The molecule has 3 rings (SSSR count). The molecule has 0 bridgehead atoms. The van der Waals surface area contributed by atoms with Crippen LogP contribution in [-0.2, 0) is 9.53 Å². The van der Waals surface area contributed by atoms with E-state index in [2.05, 4.69) is 9.98 Å². The highest BCUT2D eigenvalue weighted by Gasteiger charge is 2.25. The van der Waals surface area contributed by atoms with Gasteiger partial charge in [0.05, 0.1) is 7.11 Å². The lowest BCUT2D eigenvalue weighted by Gasteiger charge is -2.05. The van der Waals surface area contributed by atoms with Crippen LogP contribution in [0, 0.1) is 6.92 Å². The highest BCUT2D eigenvalue weighted by atomic mass is 16.6. The van der Waals surface area contributed by atoms with Gasteiger partial charge in [0.25, 0.3) is 0 Å². The van der Waals surface area contributed by atoms with Crippen LogP contribution >= 0.6 is 0 Å². The highest BCUT2D eigenvalue weighted by Crippen LogP contribution is 2.25. The molecule has 0 spiro atoms. The predicted molar refractivity (Wildman–Crippen MR) is 82.6 cm³/mol. The molecule has 0 N–H and O–H groups in total. The molecule has 5 heteroatoms. The number of rotatable bonds is 3. The fraction of sp³-hybridized carbons (Fsp3) is 0.118. The van der Waals surface area contributed by atoms with Crippen molar-refractivity contribution in [1.29, 1.82) is 0 Å². The lowest BCUT2D eigenvalue weighted by molar-refractivity contribution is -0.129. The van der Waals surface area contributed by atoms with E-state index in [1.807, 2.05) is 31.2 Å². The smallest absolute Gasteiger partial charge is 0.363 e. The number of hydrogen-bond acceptors (Lipinski definition) is 5. The van der Waals surface area contributed by atoms with Gasteiger partial charge in [0.15, 0.2) is 5.70 Å². The van der Waals surface area contributed by atoms with Crippen molar-refractivity contribution in [2.45, 2.75) is 6.92 Å². The van der Waals surface area contributed by atoms with Gasteiger partial charge in [0.1, 0.15) is 11.4 Å². The van der Waals surface area contributed by atoms with Gasteiger partial charge in [-0.25, -0.2) is 9.79 Å². The number of carbonyl (C=O) groups excluding carboxylic acids is 1. The van der Waals surface area contributed by atoms with Crippen molar-refractivity contribution in [3.05, 3.63) is 65.1 Å². The zero-order valence-electron chi connectivity index (χ0n) is 12.2. The number of methoxy groups -OCH3 is 1. The maximum atomic E-state index is 12.0. The molecule has 0 saturated carbocycles. The fourth-order valence-corrected chi connectivity index (χ4v) is 2.12. The summed E-state index contributed by atoms with van der Waals surface area (Å²) >= 11 is 0. The SMILES string of the molecule is COc1ccc(C)cc1/C=C1/N=C(c2ccccn2)OC1=O. The molecule has 0 radical (unpaired) electrons. The number of aryl methyl sites for hydroxylation is 1.